The first-order valence-electron chi connectivity index (χ1n) is 6.97. The number of nitrogens with one attached hydrogen (secondary N) is 1. The smallest absolute Gasteiger partial charge is 0.351 e. The second kappa shape index (κ2) is 6.68. The topological polar surface area (TPSA) is 179 Å². The Balaban J connectivity index is 2.18. The number of H-pyrrole nitrogens is 1. The number of aromatic amines is 1. The minimum atomic E-state index is -5.17. The minimum Gasteiger partial charge on any atom is -0.351 e. The summed E-state index contributed by atoms with van der Waals surface area (Å²) in [4.78, 5) is 61.6. The molecule has 0 aromatic carbocycles. The number of aryl methyl sites for hydroxylation is 1. The van der Waals surface area contributed by atoms with Gasteiger partial charge in [-0.25, -0.2) is 4.79 Å². The molecule has 13 heteroatoms. The molecule has 11 nitrogen and oxygen atoms in total. The van der Waals surface area contributed by atoms with E-state index in [-0.39, 0.29) is 12.8 Å². The highest BCUT2D eigenvalue weighted by Gasteiger charge is 2.47. The van der Waals surface area contributed by atoms with Crippen LogP contribution in [0.5, 0.6) is 0 Å². The van der Waals surface area contributed by atoms with E-state index in [0.717, 1.165) is 0 Å². The molecular formula is C11H18N2O9P2. The molecule has 0 bridgehead atoms. The first-order valence-corrected chi connectivity index (χ1v) is 10.3. The summed E-state index contributed by atoms with van der Waals surface area (Å²) in [5.74, 6) is 0. The molecule has 0 aliphatic heterocycles. The number of hydrogen-bond donors (Lipinski definition) is 5. The highest BCUT2D eigenvalue weighted by Crippen LogP contribution is 2.61. The molecule has 0 radical (unpaired) electrons. The molecule has 1 aromatic rings. The van der Waals surface area contributed by atoms with Gasteiger partial charge in [-0.3, -0.25) is 23.5 Å². The molecule has 2 rings (SSSR count). The summed E-state index contributed by atoms with van der Waals surface area (Å²) in [6.07, 6.45) is 1.32. The zero-order chi connectivity index (χ0) is 18.3. The number of ether oxygens (including phenoxy) is 1. The highest BCUT2D eigenvalue weighted by atomic mass is 31.2. The molecule has 0 unspecified atom stereocenters. The first kappa shape index (κ1) is 19.3. The van der Waals surface area contributed by atoms with Crippen LogP contribution in [0.1, 0.15) is 30.9 Å². The molecule has 1 saturated carbocycles. The predicted octanol–water partition coefficient (Wildman–Crippen LogP) is -0.406. The molecule has 1 heterocycles. The molecule has 1 aliphatic carbocycles. The Hall–Kier alpha value is -1.06. The van der Waals surface area contributed by atoms with Crippen LogP contribution in [0.4, 0.5) is 0 Å². The molecule has 0 amide bonds. The lowest BCUT2D eigenvalue weighted by atomic mass is 10.2. The molecule has 2 atom stereocenters. The predicted molar refractivity (Wildman–Crippen MR) is 81.7 cm³/mol. The second-order valence-electron chi connectivity index (χ2n) is 5.71. The maximum Gasteiger partial charge on any atom is 0.366 e. The van der Waals surface area contributed by atoms with E-state index in [9.17, 15) is 18.7 Å². The average Bonchev–Trinajstić information content (AvgIpc) is 2.86. The Bertz CT molecular complexity index is 798. The molecule has 1 aromatic heterocycles. The fraction of sp³-hybridized carbons (Fsp3) is 0.636. The fourth-order valence-electron chi connectivity index (χ4n) is 2.68. The van der Waals surface area contributed by atoms with Crippen LogP contribution in [0.2, 0.25) is 0 Å². The standard InChI is InChI=1S/C11H18N2O9P2/c1-6-5-13(10(15)12-9(6)14)7-2-3-8(4-7)22-11(23(16,17)18)24(19,20)21/h5,7-8,11H,2-4H2,1H3,(H,12,14,15)(H2,16,17,18)(H2,19,20,21)/t7-,8+/m0/s1. The van der Waals surface area contributed by atoms with E-state index in [1.165, 1.54) is 17.7 Å². The summed E-state index contributed by atoms with van der Waals surface area (Å²) in [5, 5.41) is 0. The monoisotopic (exact) mass is 384 g/mol. The summed E-state index contributed by atoms with van der Waals surface area (Å²) in [6.45, 7) is 1.52. The van der Waals surface area contributed by atoms with E-state index in [2.05, 4.69) is 4.98 Å². The van der Waals surface area contributed by atoms with Crippen molar-refractivity contribution in [3.05, 3.63) is 32.6 Å². The molecule has 1 aliphatic rings. The summed E-state index contributed by atoms with van der Waals surface area (Å²) < 4.78 is 28.7. The molecule has 5 N–H and O–H groups in total. The highest BCUT2D eigenvalue weighted by molar-refractivity contribution is 7.70. The van der Waals surface area contributed by atoms with Crippen molar-refractivity contribution in [1.29, 1.82) is 0 Å². The van der Waals surface area contributed by atoms with Crippen LogP contribution in [0, 0.1) is 6.92 Å². The van der Waals surface area contributed by atoms with Crippen molar-refractivity contribution < 1.29 is 33.4 Å². The molecule has 136 valence electrons. The van der Waals surface area contributed by atoms with Gasteiger partial charge in [0.05, 0.1) is 6.10 Å². The van der Waals surface area contributed by atoms with E-state index in [4.69, 9.17) is 24.3 Å². The third kappa shape index (κ3) is 4.31. The van der Waals surface area contributed by atoms with Crippen LogP contribution in [-0.2, 0) is 13.9 Å². The Morgan fingerprint density at radius 2 is 1.79 bits per heavy atom. The van der Waals surface area contributed by atoms with Crippen LogP contribution in [0.15, 0.2) is 15.8 Å². The lowest BCUT2D eigenvalue weighted by Crippen LogP contribution is -2.33. The normalized spacial score (nSPS) is 22.2. The number of hydrogen-bond acceptors (Lipinski definition) is 5. The third-order valence-electron chi connectivity index (χ3n) is 3.79. The summed E-state index contributed by atoms with van der Waals surface area (Å²) in [7, 11) is -10.3. The van der Waals surface area contributed by atoms with Gasteiger partial charge >= 0.3 is 20.9 Å². The Morgan fingerprint density at radius 1 is 1.21 bits per heavy atom. The van der Waals surface area contributed by atoms with E-state index in [1.807, 2.05) is 0 Å². The molecule has 1 fully saturated rings. The zero-order valence-electron chi connectivity index (χ0n) is 12.6. The second-order valence-corrected chi connectivity index (χ2v) is 9.41. The third-order valence-corrected chi connectivity index (χ3v) is 6.99. The maximum absolute atomic E-state index is 11.8. The Morgan fingerprint density at radius 3 is 2.33 bits per heavy atom. The van der Waals surface area contributed by atoms with Crippen LogP contribution >= 0.6 is 15.2 Å². The lowest BCUT2D eigenvalue weighted by Gasteiger charge is -2.23. The van der Waals surface area contributed by atoms with Crippen LogP contribution in [0.25, 0.3) is 0 Å². The van der Waals surface area contributed by atoms with Gasteiger partial charge in [0.25, 0.3) is 11.1 Å². The van der Waals surface area contributed by atoms with E-state index in [1.54, 1.807) is 0 Å². The van der Waals surface area contributed by atoms with E-state index < -0.39 is 44.2 Å². The molecular weight excluding hydrogens is 366 g/mol. The average molecular weight is 384 g/mol. The minimum absolute atomic E-state index is 0.127. The fourth-order valence-corrected chi connectivity index (χ4v) is 4.91. The van der Waals surface area contributed by atoms with Gasteiger partial charge in [0.1, 0.15) is 0 Å². The molecule has 24 heavy (non-hydrogen) atoms. The van der Waals surface area contributed by atoms with Gasteiger partial charge in [-0.15, -0.1) is 0 Å². The van der Waals surface area contributed by atoms with Crippen molar-refractivity contribution in [3.8, 4) is 0 Å². The number of rotatable bonds is 5. The van der Waals surface area contributed by atoms with Gasteiger partial charge in [-0.05, 0) is 26.2 Å². The van der Waals surface area contributed by atoms with Gasteiger partial charge in [-0.1, -0.05) is 0 Å². The Kier molecular flexibility index (Phi) is 5.37. The number of aromatic nitrogens is 2. The Labute approximate surface area is 135 Å². The van der Waals surface area contributed by atoms with Crippen molar-refractivity contribution in [2.75, 3.05) is 0 Å². The molecule has 0 saturated heterocycles. The van der Waals surface area contributed by atoms with Gasteiger partial charge in [-0.2, -0.15) is 0 Å². The van der Waals surface area contributed by atoms with Gasteiger partial charge in [0, 0.05) is 17.8 Å². The zero-order valence-corrected chi connectivity index (χ0v) is 14.4. The van der Waals surface area contributed by atoms with E-state index >= 15 is 0 Å². The van der Waals surface area contributed by atoms with Crippen molar-refractivity contribution in [1.82, 2.24) is 9.55 Å². The maximum atomic E-state index is 11.8. The van der Waals surface area contributed by atoms with Crippen molar-refractivity contribution in [3.63, 3.8) is 0 Å². The van der Waals surface area contributed by atoms with Crippen LogP contribution in [0.3, 0.4) is 0 Å². The van der Waals surface area contributed by atoms with Gasteiger partial charge in [0.2, 0.25) is 0 Å². The van der Waals surface area contributed by atoms with Gasteiger partial charge in [0.15, 0.2) is 0 Å². The first-order chi connectivity index (χ1) is 10.9. The SMILES string of the molecule is Cc1cn([C@H]2CC[C@@H](OC(P(=O)(O)O)P(=O)(O)O)C2)c(=O)[nH]c1=O. The van der Waals surface area contributed by atoms with Crippen molar-refractivity contribution >= 4 is 15.2 Å². The summed E-state index contributed by atoms with van der Waals surface area (Å²) >= 11 is 0. The molecule has 0 spiro atoms. The van der Waals surface area contributed by atoms with Crippen molar-refractivity contribution in [2.45, 2.75) is 43.9 Å². The lowest BCUT2D eigenvalue weighted by molar-refractivity contribution is 0.0441. The van der Waals surface area contributed by atoms with Crippen molar-refractivity contribution in [2.24, 2.45) is 0 Å². The van der Waals surface area contributed by atoms with Gasteiger partial charge < -0.3 is 24.3 Å². The van der Waals surface area contributed by atoms with Crippen LogP contribution < -0.4 is 11.2 Å². The quantitative estimate of drug-likeness (QED) is 0.422. The summed E-state index contributed by atoms with van der Waals surface area (Å²) in [6, 6.07) is -0.410. The summed E-state index contributed by atoms with van der Waals surface area (Å²) in [5.41, 5.74) is -3.34. The van der Waals surface area contributed by atoms with Crippen LogP contribution in [-0.4, -0.2) is 40.8 Å². The largest absolute Gasteiger partial charge is 0.366 e. The number of nitrogens with zero attached hydrogens (tertiary/aromatic N) is 1. The van der Waals surface area contributed by atoms with E-state index in [0.29, 0.717) is 12.0 Å².